The molecule has 2 aliphatic carbocycles. The van der Waals surface area contributed by atoms with E-state index in [1.54, 1.807) is 0 Å². The van der Waals surface area contributed by atoms with Crippen molar-refractivity contribution < 1.29 is 8.42 Å². The highest BCUT2D eigenvalue weighted by Gasteiger charge is 2.66. The molecule has 1 aromatic rings. The number of anilines is 1. The van der Waals surface area contributed by atoms with Gasteiger partial charge in [-0.1, -0.05) is 31.9 Å². The smallest absolute Gasteiger partial charge is 0.229 e. The minimum atomic E-state index is -3.22. The Labute approximate surface area is 139 Å². The SMILES string of the molecule is CC1(c2cccc(NS(C)(=O)=O)c2)C2CN(C3CCCC3)CC21. The van der Waals surface area contributed by atoms with Crippen LogP contribution in [0.3, 0.4) is 0 Å². The fourth-order valence-electron chi connectivity index (χ4n) is 5.04. The molecule has 2 atom stereocenters. The first-order chi connectivity index (χ1) is 10.9. The van der Waals surface area contributed by atoms with Gasteiger partial charge >= 0.3 is 0 Å². The average molecular weight is 334 g/mol. The Balaban J connectivity index is 1.49. The molecule has 5 heteroatoms. The molecule has 0 amide bonds. The summed E-state index contributed by atoms with van der Waals surface area (Å²) >= 11 is 0. The Kier molecular flexibility index (Phi) is 3.50. The maximum atomic E-state index is 11.4. The molecule has 2 unspecified atom stereocenters. The molecule has 2 saturated carbocycles. The van der Waals surface area contributed by atoms with E-state index in [0.29, 0.717) is 5.69 Å². The van der Waals surface area contributed by atoms with E-state index in [1.165, 1.54) is 50.6 Å². The molecular formula is C18H26N2O2S. The zero-order chi connectivity index (χ0) is 16.2. The Morgan fingerprint density at radius 1 is 1.17 bits per heavy atom. The molecule has 4 nitrogen and oxygen atoms in total. The summed E-state index contributed by atoms with van der Waals surface area (Å²) < 4.78 is 25.5. The molecule has 3 fully saturated rings. The minimum Gasteiger partial charge on any atom is -0.300 e. The van der Waals surface area contributed by atoms with Crippen LogP contribution in [0.5, 0.6) is 0 Å². The number of hydrogen-bond donors (Lipinski definition) is 1. The van der Waals surface area contributed by atoms with Crippen LogP contribution in [0, 0.1) is 11.8 Å². The zero-order valence-corrected chi connectivity index (χ0v) is 14.8. The van der Waals surface area contributed by atoms with Crippen LogP contribution in [-0.4, -0.2) is 38.7 Å². The Bertz CT molecular complexity index is 697. The van der Waals surface area contributed by atoms with E-state index in [4.69, 9.17) is 0 Å². The van der Waals surface area contributed by atoms with Crippen LogP contribution >= 0.6 is 0 Å². The highest BCUT2D eigenvalue weighted by molar-refractivity contribution is 7.92. The van der Waals surface area contributed by atoms with Crippen molar-refractivity contribution in [2.24, 2.45) is 11.8 Å². The van der Waals surface area contributed by atoms with Gasteiger partial charge in [0.1, 0.15) is 0 Å². The lowest BCUT2D eigenvalue weighted by atomic mass is 9.91. The number of nitrogens with one attached hydrogen (secondary N) is 1. The largest absolute Gasteiger partial charge is 0.300 e. The second-order valence-corrected chi connectivity index (χ2v) is 9.59. The second kappa shape index (κ2) is 5.21. The number of fused-ring (bicyclic) bond motifs is 1. The molecule has 1 aliphatic heterocycles. The molecular weight excluding hydrogens is 308 g/mol. The molecule has 3 aliphatic rings. The van der Waals surface area contributed by atoms with E-state index in [-0.39, 0.29) is 5.41 Å². The first-order valence-electron chi connectivity index (χ1n) is 8.70. The van der Waals surface area contributed by atoms with Gasteiger partial charge in [0.25, 0.3) is 0 Å². The van der Waals surface area contributed by atoms with Gasteiger partial charge in [0.2, 0.25) is 10.0 Å². The number of likely N-dealkylation sites (tertiary alicyclic amines) is 1. The first-order valence-corrected chi connectivity index (χ1v) is 10.6. The van der Waals surface area contributed by atoms with Crippen molar-refractivity contribution in [1.82, 2.24) is 4.90 Å². The van der Waals surface area contributed by atoms with Gasteiger partial charge in [-0.25, -0.2) is 8.42 Å². The summed E-state index contributed by atoms with van der Waals surface area (Å²) in [5.74, 6) is 1.47. The summed E-state index contributed by atoms with van der Waals surface area (Å²) in [4.78, 5) is 2.71. The van der Waals surface area contributed by atoms with Crippen molar-refractivity contribution in [2.75, 3.05) is 24.1 Å². The van der Waals surface area contributed by atoms with Crippen molar-refractivity contribution in [3.05, 3.63) is 29.8 Å². The molecule has 0 bridgehead atoms. The summed E-state index contributed by atoms with van der Waals surface area (Å²) in [6.45, 7) is 4.79. The van der Waals surface area contributed by atoms with Crippen molar-refractivity contribution in [3.8, 4) is 0 Å². The van der Waals surface area contributed by atoms with Crippen LogP contribution in [0.4, 0.5) is 5.69 Å². The Morgan fingerprint density at radius 2 is 1.83 bits per heavy atom. The summed E-state index contributed by atoms with van der Waals surface area (Å²) in [5, 5.41) is 0. The molecule has 1 aromatic carbocycles. The predicted molar refractivity (Wildman–Crippen MR) is 93.1 cm³/mol. The molecule has 4 rings (SSSR count). The average Bonchev–Trinajstić information content (AvgIpc) is 2.98. The highest BCUT2D eigenvalue weighted by Crippen LogP contribution is 2.64. The van der Waals surface area contributed by atoms with Gasteiger partial charge in [-0.05, 0) is 42.4 Å². The molecule has 0 radical (unpaired) electrons. The third-order valence-electron chi connectivity index (χ3n) is 6.41. The quantitative estimate of drug-likeness (QED) is 0.921. The number of sulfonamides is 1. The topological polar surface area (TPSA) is 49.4 Å². The number of piperidine rings is 1. The Morgan fingerprint density at radius 3 is 2.43 bits per heavy atom. The lowest BCUT2D eigenvalue weighted by Crippen LogP contribution is -2.36. The summed E-state index contributed by atoms with van der Waals surface area (Å²) in [5.41, 5.74) is 2.20. The number of hydrogen-bond acceptors (Lipinski definition) is 3. The van der Waals surface area contributed by atoms with Crippen molar-refractivity contribution in [2.45, 2.75) is 44.1 Å². The summed E-state index contributed by atoms with van der Waals surface area (Å²) in [6, 6.07) is 8.81. The van der Waals surface area contributed by atoms with Crippen LogP contribution in [0.1, 0.15) is 38.2 Å². The normalized spacial score (nSPS) is 34.5. The van der Waals surface area contributed by atoms with Gasteiger partial charge in [0.05, 0.1) is 6.26 Å². The summed E-state index contributed by atoms with van der Waals surface area (Å²) in [7, 11) is -3.22. The molecule has 126 valence electrons. The van der Waals surface area contributed by atoms with Crippen molar-refractivity contribution in [3.63, 3.8) is 0 Å². The van der Waals surface area contributed by atoms with E-state index in [9.17, 15) is 8.42 Å². The predicted octanol–water partition coefficient (Wildman–Crippen LogP) is 2.82. The van der Waals surface area contributed by atoms with Gasteiger partial charge in [-0.15, -0.1) is 0 Å². The third-order valence-corrected chi connectivity index (χ3v) is 7.01. The Hall–Kier alpha value is -1.07. The van der Waals surface area contributed by atoms with Crippen LogP contribution in [0.15, 0.2) is 24.3 Å². The van der Waals surface area contributed by atoms with Gasteiger partial charge < -0.3 is 0 Å². The fourth-order valence-corrected chi connectivity index (χ4v) is 5.59. The maximum Gasteiger partial charge on any atom is 0.229 e. The summed E-state index contributed by atoms with van der Waals surface area (Å²) in [6.07, 6.45) is 6.75. The van der Waals surface area contributed by atoms with Gasteiger partial charge in [0, 0.05) is 30.2 Å². The van der Waals surface area contributed by atoms with Crippen LogP contribution in [-0.2, 0) is 15.4 Å². The maximum absolute atomic E-state index is 11.4. The molecule has 0 aromatic heterocycles. The van der Waals surface area contributed by atoms with Gasteiger partial charge in [-0.2, -0.15) is 0 Å². The number of benzene rings is 1. The minimum absolute atomic E-state index is 0.226. The lowest BCUT2D eigenvalue weighted by Gasteiger charge is -2.29. The van der Waals surface area contributed by atoms with E-state index in [0.717, 1.165) is 17.9 Å². The van der Waals surface area contributed by atoms with Crippen molar-refractivity contribution >= 4 is 15.7 Å². The van der Waals surface area contributed by atoms with Gasteiger partial charge in [-0.3, -0.25) is 9.62 Å². The van der Waals surface area contributed by atoms with E-state index < -0.39 is 10.0 Å². The van der Waals surface area contributed by atoms with E-state index >= 15 is 0 Å². The lowest BCUT2D eigenvalue weighted by molar-refractivity contribution is 0.205. The van der Waals surface area contributed by atoms with Crippen LogP contribution in [0.2, 0.25) is 0 Å². The van der Waals surface area contributed by atoms with Gasteiger partial charge in [0.15, 0.2) is 0 Å². The van der Waals surface area contributed by atoms with Crippen LogP contribution in [0.25, 0.3) is 0 Å². The van der Waals surface area contributed by atoms with Crippen LogP contribution < -0.4 is 4.72 Å². The second-order valence-electron chi connectivity index (χ2n) is 7.84. The third kappa shape index (κ3) is 2.68. The molecule has 23 heavy (non-hydrogen) atoms. The molecule has 1 heterocycles. The van der Waals surface area contributed by atoms with E-state index in [1.807, 2.05) is 18.2 Å². The zero-order valence-electron chi connectivity index (χ0n) is 14.0. The molecule has 1 saturated heterocycles. The standard InChI is InChI=1S/C18H26N2O2S/c1-18(13-6-5-7-14(10-13)19-23(2,21)22)16-11-20(12-17(16)18)15-8-3-4-9-15/h5-7,10,15-17,19H,3-4,8-9,11-12H2,1-2H3. The number of rotatable bonds is 4. The first kappa shape index (κ1) is 15.5. The number of nitrogens with zero attached hydrogens (tertiary/aromatic N) is 1. The fraction of sp³-hybridized carbons (Fsp3) is 0.667. The monoisotopic (exact) mass is 334 g/mol. The highest BCUT2D eigenvalue weighted by atomic mass is 32.2. The van der Waals surface area contributed by atoms with E-state index in [2.05, 4.69) is 22.6 Å². The van der Waals surface area contributed by atoms with Crippen molar-refractivity contribution in [1.29, 1.82) is 0 Å². The molecule has 0 spiro atoms. The molecule has 1 N–H and O–H groups in total.